The van der Waals surface area contributed by atoms with Gasteiger partial charge in [-0.2, -0.15) is 0 Å². The number of carbonyl (C=O) groups is 1. The Morgan fingerprint density at radius 1 is 1.30 bits per heavy atom. The molecule has 0 bridgehead atoms. The third kappa shape index (κ3) is 7.45. The standard InChI is InChI=1S/C20H34N6O/c1-4-21-20(24-16-17-10-12-22-18(15-17)25(2)3)23-11-8-14-26-13-7-5-6-9-19(26)27/h10,12,15H,4-9,11,13-14,16H2,1-3H3,(H2,21,23,24). The van der Waals surface area contributed by atoms with E-state index in [1.54, 1.807) is 0 Å². The molecule has 1 aromatic heterocycles. The van der Waals surface area contributed by atoms with Crippen molar-refractivity contribution in [2.24, 2.45) is 4.99 Å². The van der Waals surface area contributed by atoms with E-state index in [1.807, 2.05) is 36.2 Å². The minimum atomic E-state index is 0.308. The number of nitrogens with one attached hydrogen (secondary N) is 2. The monoisotopic (exact) mass is 374 g/mol. The maximum absolute atomic E-state index is 12.0. The number of likely N-dealkylation sites (tertiary alicyclic amines) is 1. The average molecular weight is 375 g/mol. The van der Waals surface area contributed by atoms with Gasteiger partial charge in [0.15, 0.2) is 5.96 Å². The van der Waals surface area contributed by atoms with Crippen LogP contribution in [-0.2, 0) is 11.3 Å². The van der Waals surface area contributed by atoms with Crippen LogP contribution in [0.5, 0.6) is 0 Å². The van der Waals surface area contributed by atoms with Crippen LogP contribution in [0.4, 0.5) is 5.82 Å². The first-order valence-corrected chi connectivity index (χ1v) is 10.0. The number of hydrogen-bond donors (Lipinski definition) is 2. The van der Waals surface area contributed by atoms with Crippen LogP contribution < -0.4 is 15.5 Å². The first-order chi connectivity index (χ1) is 13.1. The van der Waals surface area contributed by atoms with E-state index < -0.39 is 0 Å². The van der Waals surface area contributed by atoms with Crippen LogP contribution in [0, 0.1) is 0 Å². The van der Waals surface area contributed by atoms with Crippen LogP contribution >= 0.6 is 0 Å². The Hall–Kier alpha value is -2.31. The van der Waals surface area contributed by atoms with Crippen LogP contribution in [0.25, 0.3) is 0 Å². The molecule has 1 saturated heterocycles. The summed E-state index contributed by atoms with van der Waals surface area (Å²) in [4.78, 5) is 25.0. The summed E-state index contributed by atoms with van der Waals surface area (Å²) in [6, 6.07) is 4.04. The van der Waals surface area contributed by atoms with Crippen molar-refractivity contribution in [2.45, 2.75) is 45.6 Å². The Bertz CT molecular complexity index is 616. The van der Waals surface area contributed by atoms with Gasteiger partial charge in [0, 0.05) is 52.9 Å². The van der Waals surface area contributed by atoms with E-state index in [2.05, 4.69) is 33.6 Å². The topological polar surface area (TPSA) is 72.9 Å². The molecular weight excluding hydrogens is 340 g/mol. The third-order valence-electron chi connectivity index (χ3n) is 4.60. The molecule has 7 heteroatoms. The summed E-state index contributed by atoms with van der Waals surface area (Å²) in [5, 5.41) is 6.65. The minimum Gasteiger partial charge on any atom is -0.363 e. The quantitative estimate of drug-likeness (QED) is 0.414. The number of nitrogens with zero attached hydrogens (tertiary/aromatic N) is 4. The fourth-order valence-electron chi connectivity index (χ4n) is 3.07. The summed E-state index contributed by atoms with van der Waals surface area (Å²) in [5.41, 5.74) is 1.13. The lowest BCUT2D eigenvalue weighted by molar-refractivity contribution is -0.130. The van der Waals surface area contributed by atoms with E-state index in [1.165, 1.54) is 6.42 Å². The molecule has 2 rings (SSSR count). The molecule has 27 heavy (non-hydrogen) atoms. The second-order valence-corrected chi connectivity index (χ2v) is 7.08. The van der Waals surface area contributed by atoms with Gasteiger partial charge in [-0.15, -0.1) is 0 Å². The lowest BCUT2D eigenvalue weighted by Crippen LogP contribution is -2.39. The van der Waals surface area contributed by atoms with Gasteiger partial charge in [-0.25, -0.2) is 9.98 Å². The van der Waals surface area contributed by atoms with Crippen molar-refractivity contribution in [3.05, 3.63) is 23.9 Å². The van der Waals surface area contributed by atoms with Gasteiger partial charge in [-0.1, -0.05) is 6.42 Å². The smallest absolute Gasteiger partial charge is 0.222 e. The maximum Gasteiger partial charge on any atom is 0.222 e. The zero-order valence-corrected chi connectivity index (χ0v) is 17.0. The average Bonchev–Trinajstić information content (AvgIpc) is 2.87. The van der Waals surface area contributed by atoms with Crippen molar-refractivity contribution in [1.82, 2.24) is 20.5 Å². The van der Waals surface area contributed by atoms with E-state index in [4.69, 9.17) is 0 Å². The van der Waals surface area contributed by atoms with Gasteiger partial charge in [0.25, 0.3) is 0 Å². The van der Waals surface area contributed by atoms with Gasteiger partial charge >= 0.3 is 0 Å². The van der Waals surface area contributed by atoms with Gasteiger partial charge in [0.05, 0.1) is 6.54 Å². The molecule has 0 aliphatic carbocycles. The molecule has 0 spiro atoms. The van der Waals surface area contributed by atoms with Gasteiger partial charge in [-0.05, 0) is 43.9 Å². The predicted octanol–water partition coefficient (Wildman–Crippen LogP) is 2.00. The molecule has 7 nitrogen and oxygen atoms in total. The molecule has 0 atom stereocenters. The third-order valence-corrected chi connectivity index (χ3v) is 4.60. The van der Waals surface area contributed by atoms with Crippen molar-refractivity contribution in [2.75, 3.05) is 45.2 Å². The van der Waals surface area contributed by atoms with Gasteiger partial charge in [0.1, 0.15) is 5.82 Å². The maximum atomic E-state index is 12.0. The number of carbonyl (C=O) groups excluding carboxylic acids is 1. The number of aromatic nitrogens is 1. The Kier molecular flexibility index (Phi) is 8.87. The Balaban J connectivity index is 1.81. The van der Waals surface area contributed by atoms with Crippen molar-refractivity contribution >= 4 is 17.7 Å². The molecule has 0 radical (unpaired) electrons. The predicted molar refractivity (Wildman–Crippen MR) is 111 cm³/mol. The molecule has 2 heterocycles. The number of rotatable bonds is 8. The highest BCUT2D eigenvalue weighted by molar-refractivity contribution is 5.79. The van der Waals surface area contributed by atoms with Gasteiger partial charge in [-0.3, -0.25) is 4.79 Å². The largest absolute Gasteiger partial charge is 0.363 e. The van der Waals surface area contributed by atoms with Crippen molar-refractivity contribution < 1.29 is 4.79 Å². The minimum absolute atomic E-state index is 0.308. The molecule has 1 aliphatic rings. The molecular formula is C20H34N6O. The zero-order valence-electron chi connectivity index (χ0n) is 17.0. The van der Waals surface area contributed by atoms with Crippen LogP contribution in [0.1, 0.15) is 44.6 Å². The molecule has 0 saturated carbocycles. The highest BCUT2D eigenvalue weighted by Crippen LogP contribution is 2.11. The van der Waals surface area contributed by atoms with E-state index in [0.717, 1.165) is 62.8 Å². The van der Waals surface area contributed by atoms with Crippen molar-refractivity contribution in [1.29, 1.82) is 0 Å². The molecule has 0 aromatic carbocycles. The van der Waals surface area contributed by atoms with Gasteiger partial charge < -0.3 is 20.4 Å². The Labute approximate surface area is 163 Å². The van der Waals surface area contributed by atoms with Crippen molar-refractivity contribution in [3.8, 4) is 0 Å². The molecule has 1 amide bonds. The van der Waals surface area contributed by atoms with E-state index in [0.29, 0.717) is 18.9 Å². The van der Waals surface area contributed by atoms with E-state index in [9.17, 15) is 4.79 Å². The number of hydrogen-bond acceptors (Lipinski definition) is 4. The molecule has 1 aromatic rings. The van der Waals surface area contributed by atoms with Crippen LogP contribution in [0.3, 0.4) is 0 Å². The lowest BCUT2D eigenvalue weighted by Gasteiger charge is -2.20. The van der Waals surface area contributed by atoms with E-state index in [-0.39, 0.29) is 0 Å². The fraction of sp³-hybridized carbons (Fsp3) is 0.650. The van der Waals surface area contributed by atoms with Crippen molar-refractivity contribution in [3.63, 3.8) is 0 Å². The second-order valence-electron chi connectivity index (χ2n) is 7.08. The molecule has 1 aliphatic heterocycles. The number of pyridine rings is 1. The Morgan fingerprint density at radius 2 is 2.15 bits per heavy atom. The normalized spacial score (nSPS) is 15.4. The second kappa shape index (κ2) is 11.4. The van der Waals surface area contributed by atoms with Gasteiger partial charge in [0.2, 0.25) is 5.91 Å². The Morgan fingerprint density at radius 3 is 2.93 bits per heavy atom. The van der Waals surface area contributed by atoms with Crippen LogP contribution in [0.15, 0.2) is 23.3 Å². The highest BCUT2D eigenvalue weighted by atomic mass is 16.2. The number of anilines is 1. The summed E-state index contributed by atoms with van der Waals surface area (Å²) in [6.45, 7) is 6.00. The van der Waals surface area contributed by atoms with Crippen LogP contribution in [0.2, 0.25) is 0 Å². The highest BCUT2D eigenvalue weighted by Gasteiger charge is 2.15. The van der Waals surface area contributed by atoms with Crippen LogP contribution in [-0.4, -0.2) is 62.0 Å². The number of amides is 1. The number of guanidine groups is 1. The number of aliphatic imine (C=N–C) groups is 1. The SMILES string of the molecule is CCNC(=NCc1ccnc(N(C)C)c1)NCCCN1CCCCCC1=O. The lowest BCUT2D eigenvalue weighted by atomic mass is 10.2. The molecule has 0 unspecified atom stereocenters. The summed E-state index contributed by atoms with van der Waals surface area (Å²) in [5.74, 6) is 2.05. The van der Waals surface area contributed by atoms with E-state index >= 15 is 0 Å². The molecule has 1 fully saturated rings. The first kappa shape index (κ1) is 21.0. The first-order valence-electron chi connectivity index (χ1n) is 10.0. The summed E-state index contributed by atoms with van der Waals surface area (Å²) in [6.07, 6.45) is 6.79. The summed E-state index contributed by atoms with van der Waals surface area (Å²) in [7, 11) is 3.96. The summed E-state index contributed by atoms with van der Waals surface area (Å²) < 4.78 is 0. The summed E-state index contributed by atoms with van der Waals surface area (Å²) >= 11 is 0. The molecule has 150 valence electrons. The molecule has 2 N–H and O–H groups in total. The fourth-order valence-corrected chi connectivity index (χ4v) is 3.07. The zero-order chi connectivity index (χ0) is 19.5.